The molecule has 0 aromatic carbocycles. The minimum atomic E-state index is -0.387. The standard InChI is InChI=1S/C24H42INO9S/c1-19(2)22(27)7-8-23(28)34-17-15-32-13-11-30-9-10-31-12-14-33-16-18-35-24(29)26-20-3-5-21(36-25)6-4-20/h19-21H,3-18H2,1-2H3,(H,26,29). The van der Waals surface area contributed by atoms with Gasteiger partial charge in [-0.3, -0.25) is 9.59 Å². The molecule has 0 spiro atoms. The van der Waals surface area contributed by atoms with Crippen LogP contribution in [0.25, 0.3) is 0 Å². The van der Waals surface area contributed by atoms with E-state index in [4.69, 9.17) is 28.4 Å². The molecule has 0 unspecified atom stereocenters. The second-order valence-corrected chi connectivity index (χ2v) is 11.0. The first-order valence-electron chi connectivity index (χ1n) is 12.6. The molecule has 0 bridgehead atoms. The molecular weight excluding hydrogens is 605 g/mol. The molecule has 0 atom stereocenters. The van der Waals surface area contributed by atoms with Crippen molar-refractivity contribution in [2.45, 2.75) is 63.7 Å². The summed E-state index contributed by atoms with van der Waals surface area (Å²) in [6, 6.07) is 0.211. The molecule has 0 radical (unpaired) electrons. The Morgan fingerprint density at radius 1 is 0.750 bits per heavy atom. The average molecular weight is 648 g/mol. The maximum atomic E-state index is 11.8. The summed E-state index contributed by atoms with van der Waals surface area (Å²) in [6.07, 6.45) is 4.20. The first-order chi connectivity index (χ1) is 17.4. The van der Waals surface area contributed by atoms with Crippen LogP contribution in [0.15, 0.2) is 0 Å². The highest BCUT2D eigenvalue weighted by Crippen LogP contribution is 2.32. The van der Waals surface area contributed by atoms with Gasteiger partial charge in [0.05, 0.1) is 59.3 Å². The van der Waals surface area contributed by atoms with Gasteiger partial charge in [0.1, 0.15) is 19.0 Å². The number of rotatable bonds is 21. The Balaban J connectivity index is 1.77. The van der Waals surface area contributed by atoms with Gasteiger partial charge in [-0.15, -0.1) is 0 Å². The summed E-state index contributed by atoms with van der Waals surface area (Å²) in [4.78, 5) is 34.8. The number of nitrogens with one attached hydrogen (secondary N) is 1. The van der Waals surface area contributed by atoms with Crippen molar-refractivity contribution >= 4 is 48.0 Å². The van der Waals surface area contributed by atoms with Gasteiger partial charge in [-0.2, -0.15) is 0 Å². The van der Waals surface area contributed by atoms with E-state index in [2.05, 4.69) is 26.5 Å². The minimum Gasteiger partial charge on any atom is -0.463 e. The van der Waals surface area contributed by atoms with Gasteiger partial charge in [0.25, 0.3) is 0 Å². The van der Waals surface area contributed by atoms with E-state index in [-0.39, 0.29) is 62.5 Å². The summed E-state index contributed by atoms with van der Waals surface area (Å²) in [7, 11) is 1.87. The van der Waals surface area contributed by atoms with Crippen LogP contribution < -0.4 is 5.32 Å². The van der Waals surface area contributed by atoms with Crippen LogP contribution >= 0.6 is 30.1 Å². The zero-order chi connectivity index (χ0) is 26.4. The number of amides is 1. The third-order valence-electron chi connectivity index (χ3n) is 5.41. The van der Waals surface area contributed by atoms with Crippen LogP contribution in [-0.2, 0) is 38.0 Å². The lowest BCUT2D eigenvalue weighted by Crippen LogP contribution is -2.38. The summed E-state index contributed by atoms with van der Waals surface area (Å²) in [5.74, 6) is -0.395. The number of halogens is 1. The van der Waals surface area contributed by atoms with Gasteiger partial charge in [-0.1, -0.05) is 22.8 Å². The maximum Gasteiger partial charge on any atom is 0.407 e. The smallest absolute Gasteiger partial charge is 0.407 e. The maximum absolute atomic E-state index is 11.8. The van der Waals surface area contributed by atoms with Gasteiger partial charge in [-0.05, 0) is 46.9 Å². The average Bonchev–Trinajstić information content (AvgIpc) is 2.87. The number of ketones is 1. The van der Waals surface area contributed by atoms with Crippen LogP contribution in [0.3, 0.4) is 0 Å². The van der Waals surface area contributed by atoms with Crippen LogP contribution in [0.4, 0.5) is 4.79 Å². The van der Waals surface area contributed by atoms with Crippen molar-refractivity contribution in [3.05, 3.63) is 0 Å². The van der Waals surface area contributed by atoms with Crippen molar-refractivity contribution < 1.29 is 42.8 Å². The second-order valence-electron chi connectivity index (χ2n) is 8.63. The fourth-order valence-electron chi connectivity index (χ4n) is 3.26. The van der Waals surface area contributed by atoms with E-state index >= 15 is 0 Å². The van der Waals surface area contributed by atoms with Gasteiger partial charge in [-0.25, -0.2) is 4.79 Å². The Labute approximate surface area is 231 Å². The van der Waals surface area contributed by atoms with E-state index in [1.54, 1.807) is 0 Å². The summed E-state index contributed by atoms with van der Waals surface area (Å²) >= 11 is 2.34. The molecule has 1 aliphatic rings. The molecule has 1 fully saturated rings. The molecule has 10 nitrogen and oxygen atoms in total. The highest BCUT2D eigenvalue weighted by atomic mass is 127. The van der Waals surface area contributed by atoms with Crippen LogP contribution in [0.2, 0.25) is 0 Å². The third-order valence-corrected chi connectivity index (χ3v) is 8.29. The van der Waals surface area contributed by atoms with E-state index in [9.17, 15) is 14.4 Å². The van der Waals surface area contributed by atoms with Gasteiger partial charge < -0.3 is 33.7 Å². The monoisotopic (exact) mass is 647 g/mol. The van der Waals surface area contributed by atoms with Gasteiger partial charge in [0, 0.05) is 23.6 Å². The molecule has 0 saturated heterocycles. The zero-order valence-corrected chi connectivity index (χ0v) is 24.5. The molecule has 1 N–H and O–H groups in total. The number of hydrogen-bond acceptors (Lipinski definition) is 10. The van der Waals surface area contributed by atoms with Crippen molar-refractivity contribution in [3.8, 4) is 0 Å². The quantitative estimate of drug-likeness (QED) is 0.112. The first kappa shape index (κ1) is 33.4. The van der Waals surface area contributed by atoms with Crippen LogP contribution in [-0.4, -0.2) is 95.2 Å². The highest BCUT2D eigenvalue weighted by Gasteiger charge is 2.22. The first-order valence-corrected chi connectivity index (χ1v) is 16.0. The Kier molecular flexibility index (Phi) is 20.7. The lowest BCUT2D eigenvalue weighted by Gasteiger charge is -2.27. The lowest BCUT2D eigenvalue weighted by atomic mass is 9.95. The van der Waals surface area contributed by atoms with E-state index in [1.165, 1.54) is 0 Å². The van der Waals surface area contributed by atoms with Crippen molar-refractivity contribution in [3.63, 3.8) is 0 Å². The summed E-state index contributed by atoms with van der Waals surface area (Å²) < 4.78 is 31.7. The zero-order valence-electron chi connectivity index (χ0n) is 21.5. The molecule has 36 heavy (non-hydrogen) atoms. The normalized spacial score (nSPS) is 17.7. The Morgan fingerprint density at radius 3 is 1.69 bits per heavy atom. The molecule has 210 valence electrons. The lowest BCUT2D eigenvalue weighted by molar-refractivity contribution is -0.146. The Hall–Kier alpha value is -0.670. The van der Waals surface area contributed by atoms with Crippen LogP contribution in [0.5, 0.6) is 0 Å². The molecule has 0 aliphatic heterocycles. The molecule has 0 aromatic rings. The number of esters is 1. The van der Waals surface area contributed by atoms with Gasteiger partial charge >= 0.3 is 12.1 Å². The fraction of sp³-hybridized carbons (Fsp3) is 0.875. The van der Waals surface area contributed by atoms with E-state index in [1.807, 2.05) is 22.8 Å². The number of alkyl carbamates (subject to hydrolysis) is 1. The van der Waals surface area contributed by atoms with Crippen molar-refractivity contribution in [1.82, 2.24) is 5.32 Å². The number of Topliss-reactive ketones (excluding diaryl/α,β-unsaturated/α-hetero) is 1. The number of hydrogen-bond donors (Lipinski definition) is 1. The van der Waals surface area contributed by atoms with Crippen molar-refractivity contribution in [2.24, 2.45) is 5.92 Å². The van der Waals surface area contributed by atoms with Crippen molar-refractivity contribution in [1.29, 1.82) is 0 Å². The van der Waals surface area contributed by atoms with E-state index in [0.717, 1.165) is 25.7 Å². The predicted molar refractivity (Wildman–Crippen MR) is 145 cm³/mol. The SMILES string of the molecule is CC(C)C(=O)CCC(=O)OCCOCCOCCOCCOCCOC(=O)NC1CCC(SI)CC1. The Morgan fingerprint density at radius 2 is 1.22 bits per heavy atom. The highest BCUT2D eigenvalue weighted by molar-refractivity contribution is 14.2. The molecule has 1 rings (SSSR count). The molecule has 1 saturated carbocycles. The van der Waals surface area contributed by atoms with Crippen LogP contribution in [0, 0.1) is 5.92 Å². The van der Waals surface area contributed by atoms with Crippen LogP contribution in [0.1, 0.15) is 52.4 Å². The molecule has 0 heterocycles. The fourth-order valence-corrected chi connectivity index (χ4v) is 5.24. The van der Waals surface area contributed by atoms with Crippen molar-refractivity contribution in [2.75, 3.05) is 66.1 Å². The van der Waals surface area contributed by atoms with E-state index < -0.39 is 0 Å². The Bertz CT molecular complexity index is 604. The second kappa shape index (κ2) is 22.3. The number of ether oxygens (including phenoxy) is 6. The molecule has 12 heteroatoms. The molecule has 1 amide bonds. The summed E-state index contributed by atoms with van der Waals surface area (Å²) in [5, 5.41) is 3.62. The topological polar surface area (TPSA) is 119 Å². The molecule has 1 aliphatic carbocycles. The largest absolute Gasteiger partial charge is 0.463 e. The number of carbonyl (C=O) groups excluding carboxylic acids is 3. The third kappa shape index (κ3) is 18.6. The molecular formula is C24H42INO9S. The van der Waals surface area contributed by atoms with E-state index in [0.29, 0.717) is 51.5 Å². The van der Waals surface area contributed by atoms with Gasteiger partial charge in [0.2, 0.25) is 0 Å². The summed E-state index contributed by atoms with van der Waals surface area (Å²) in [6.45, 7) is 7.12. The predicted octanol–water partition coefficient (Wildman–Crippen LogP) is 3.72. The minimum absolute atomic E-state index is 0.0570. The summed E-state index contributed by atoms with van der Waals surface area (Å²) in [5.41, 5.74) is 0. The van der Waals surface area contributed by atoms with Gasteiger partial charge in [0.15, 0.2) is 0 Å². The molecule has 0 aromatic heterocycles. The number of carbonyl (C=O) groups is 3.